The van der Waals surface area contributed by atoms with E-state index in [1.54, 1.807) is 60.0 Å². The number of thiophene rings is 2. The summed E-state index contributed by atoms with van der Waals surface area (Å²) >= 11 is 3.11. The maximum absolute atomic E-state index is 13.8. The summed E-state index contributed by atoms with van der Waals surface area (Å²) in [6.45, 7) is 0.338. The zero-order valence-electron chi connectivity index (χ0n) is 19.5. The summed E-state index contributed by atoms with van der Waals surface area (Å²) in [6.07, 6.45) is 4.37. The molecular formula is C26H30N2O4S2. The van der Waals surface area contributed by atoms with Crippen LogP contribution in [0.15, 0.2) is 53.2 Å². The molecule has 0 spiro atoms. The van der Waals surface area contributed by atoms with Crippen molar-refractivity contribution in [2.24, 2.45) is 0 Å². The Bertz CT molecular complexity index is 1080. The van der Waals surface area contributed by atoms with Gasteiger partial charge in [0.2, 0.25) is 11.8 Å². The Hall–Kier alpha value is -2.84. The van der Waals surface area contributed by atoms with Gasteiger partial charge in [-0.1, -0.05) is 25.0 Å². The van der Waals surface area contributed by atoms with Crippen LogP contribution in [0, 0.1) is 0 Å². The molecule has 3 aromatic rings. The third-order valence-electron chi connectivity index (χ3n) is 6.13. The minimum absolute atomic E-state index is 0.104. The molecule has 2 heterocycles. The Balaban J connectivity index is 1.76. The number of amides is 2. The maximum Gasteiger partial charge on any atom is 0.247 e. The van der Waals surface area contributed by atoms with Gasteiger partial charge in [0.15, 0.2) is 0 Å². The van der Waals surface area contributed by atoms with Crippen molar-refractivity contribution >= 4 is 34.5 Å². The molecule has 1 aliphatic rings. The van der Waals surface area contributed by atoms with Gasteiger partial charge < -0.3 is 19.7 Å². The van der Waals surface area contributed by atoms with E-state index < -0.39 is 6.04 Å². The minimum Gasteiger partial charge on any atom is -0.497 e. The monoisotopic (exact) mass is 498 g/mol. The molecule has 6 nitrogen and oxygen atoms in total. The predicted molar refractivity (Wildman–Crippen MR) is 136 cm³/mol. The number of hydrogen-bond donors (Lipinski definition) is 1. The number of hydrogen-bond acceptors (Lipinski definition) is 6. The van der Waals surface area contributed by atoms with Crippen molar-refractivity contribution in [2.75, 3.05) is 14.2 Å². The average Bonchev–Trinajstić information content (AvgIpc) is 3.63. The van der Waals surface area contributed by atoms with Gasteiger partial charge in [0.25, 0.3) is 0 Å². The van der Waals surface area contributed by atoms with Crippen molar-refractivity contribution in [1.29, 1.82) is 0 Å². The van der Waals surface area contributed by atoms with E-state index in [0.717, 1.165) is 35.4 Å². The SMILES string of the molecule is COc1ccc(OC)c([C@@H](C(=O)NC2CCCC2)N(Cc2cccs2)C(=O)Cc2cccs2)c1. The molecule has 34 heavy (non-hydrogen) atoms. The molecule has 180 valence electrons. The van der Waals surface area contributed by atoms with E-state index in [1.165, 1.54) is 0 Å². The van der Waals surface area contributed by atoms with Crippen LogP contribution in [0.25, 0.3) is 0 Å². The summed E-state index contributed by atoms with van der Waals surface area (Å²) in [5.41, 5.74) is 0.619. The van der Waals surface area contributed by atoms with Crippen LogP contribution in [-0.2, 0) is 22.6 Å². The summed E-state index contributed by atoms with van der Waals surface area (Å²) in [5.74, 6) is 0.866. The highest BCUT2D eigenvalue weighted by atomic mass is 32.1. The van der Waals surface area contributed by atoms with Crippen LogP contribution in [0.4, 0.5) is 0 Å². The molecule has 1 saturated carbocycles. The molecule has 0 unspecified atom stereocenters. The van der Waals surface area contributed by atoms with E-state index in [1.807, 2.05) is 35.0 Å². The lowest BCUT2D eigenvalue weighted by Crippen LogP contribution is -2.46. The van der Waals surface area contributed by atoms with Crippen molar-refractivity contribution in [1.82, 2.24) is 10.2 Å². The molecular weight excluding hydrogens is 468 g/mol. The molecule has 0 saturated heterocycles. The molecule has 1 aliphatic carbocycles. The highest BCUT2D eigenvalue weighted by Crippen LogP contribution is 2.35. The lowest BCUT2D eigenvalue weighted by Gasteiger charge is -2.33. The first-order valence-corrected chi connectivity index (χ1v) is 13.2. The first-order valence-electron chi connectivity index (χ1n) is 11.5. The Morgan fingerprint density at radius 3 is 2.35 bits per heavy atom. The number of rotatable bonds is 10. The first-order chi connectivity index (χ1) is 16.6. The van der Waals surface area contributed by atoms with Crippen molar-refractivity contribution < 1.29 is 19.1 Å². The fraction of sp³-hybridized carbons (Fsp3) is 0.385. The van der Waals surface area contributed by atoms with Crippen LogP contribution in [0.2, 0.25) is 0 Å². The molecule has 8 heteroatoms. The van der Waals surface area contributed by atoms with E-state index in [2.05, 4.69) is 5.32 Å². The fourth-order valence-electron chi connectivity index (χ4n) is 4.41. The Morgan fingerprint density at radius 2 is 1.74 bits per heavy atom. The van der Waals surface area contributed by atoms with Gasteiger partial charge in [-0.3, -0.25) is 9.59 Å². The summed E-state index contributed by atoms with van der Waals surface area (Å²) < 4.78 is 11.1. The molecule has 0 bridgehead atoms. The number of carbonyl (C=O) groups is 2. The number of benzene rings is 1. The summed E-state index contributed by atoms with van der Waals surface area (Å²) in [5, 5.41) is 7.16. The predicted octanol–water partition coefficient (Wildman–Crippen LogP) is 5.20. The molecule has 1 atom stereocenters. The molecule has 2 amide bonds. The molecule has 1 N–H and O–H groups in total. The summed E-state index contributed by atoms with van der Waals surface area (Å²) in [6, 6.07) is 12.5. The van der Waals surface area contributed by atoms with Crippen LogP contribution in [0.1, 0.15) is 47.0 Å². The van der Waals surface area contributed by atoms with Gasteiger partial charge in [-0.25, -0.2) is 0 Å². The fourth-order valence-corrected chi connectivity index (χ4v) is 5.81. The van der Waals surface area contributed by atoms with Crippen molar-refractivity contribution in [2.45, 2.75) is 50.7 Å². The topological polar surface area (TPSA) is 67.9 Å². The highest BCUT2D eigenvalue weighted by Gasteiger charge is 2.35. The zero-order chi connectivity index (χ0) is 23.9. The van der Waals surface area contributed by atoms with Gasteiger partial charge in [-0.05, 0) is 53.9 Å². The number of nitrogens with one attached hydrogen (secondary N) is 1. The van der Waals surface area contributed by atoms with Crippen LogP contribution in [0.5, 0.6) is 11.5 Å². The van der Waals surface area contributed by atoms with E-state index in [0.29, 0.717) is 23.6 Å². The average molecular weight is 499 g/mol. The largest absolute Gasteiger partial charge is 0.497 e. The molecule has 2 aromatic heterocycles. The van der Waals surface area contributed by atoms with E-state index >= 15 is 0 Å². The zero-order valence-corrected chi connectivity index (χ0v) is 21.1. The van der Waals surface area contributed by atoms with E-state index in [-0.39, 0.29) is 24.3 Å². The van der Waals surface area contributed by atoms with Crippen molar-refractivity contribution in [3.63, 3.8) is 0 Å². The number of nitrogens with zero attached hydrogens (tertiary/aromatic N) is 1. The third-order valence-corrected chi connectivity index (χ3v) is 7.86. The summed E-state index contributed by atoms with van der Waals surface area (Å²) in [7, 11) is 3.17. The van der Waals surface area contributed by atoms with Crippen molar-refractivity contribution in [3.05, 3.63) is 68.5 Å². The van der Waals surface area contributed by atoms with Crippen LogP contribution in [-0.4, -0.2) is 37.0 Å². The maximum atomic E-state index is 13.8. The molecule has 1 aromatic carbocycles. The standard InChI is InChI=1S/C26H30N2O4S2/c1-31-19-11-12-23(32-2)22(15-19)25(26(30)27-18-7-3-4-8-18)28(17-21-10-6-14-34-21)24(29)16-20-9-5-13-33-20/h5-6,9-15,18,25H,3-4,7-8,16-17H2,1-2H3,(H,27,30)/t25-/m0/s1. The van der Waals surface area contributed by atoms with Crippen LogP contribution in [0.3, 0.4) is 0 Å². The van der Waals surface area contributed by atoms with Crippen LogP contribution < -0.4 is 14.8 Å². The second-order valence-corrected chi connectivity index (χ2v) is 10.4. The second kappa shape index (κ2) is 11.5. The Morgan fingerprint density at radius 1 is 1.03 bits per heavy atom. The highest BCUT2D eigenvalue weighted by molar-refractivity contribution is 7.10. The lowest BCUT2D eigenvalue weighted by molar-refractivity contribution is -0.141. The first kappa shape index (κ1) is 24.3. The van der Waals surface area contributed by atoms with Crippen molar-refractivity contribution in [3.8, 4) is 11.5 Å². The van der Waals surface area contributed by atoms with Gasteiger partial charge in [0, 0.05) is 21.4 Å². The van der Waals surface area contributed by atoms with Gasteiger partial charge in [0.1, 0.15) is 17.5 Å². The number of carbonyl (C=O) groups excluding carboxylic acids is 2. The third kappa shape index (κ3) is 5.80. The van der Waals surface area contributed by atoms with Gasteiger partial charge in [-0.15, -0.1) is 22.7 Å². The number of ether oxygens (including phenoxy) is 2. The van der Waals surface area contributed by atoms with Crippen LogP contribution >= 0.6 is 22.7 Å². The smallest absolute Gasteiger partial charge is 0.247 e. The molecule has 0 radical (unpaired) electrons. The van der Waals surface area contributed by atoms with E-state index in [4.69, 9.17) is 9.47 Å². The number of methoxy groups -OCH3 is 2. The van der Waals surface area contributed by atoms with Gasteiger partial charge >= 0.3 is 0 Å². The molecule has 4 rings (SSSR count). The Labute approximate surface area is 208 Å². The quantitative estimate of drug-likeness (QED) is 0.417. The summed E-state index contributed by atoms with van der Waals surface area (Å²) in [4.78, 5) is 31.2. The normalized spacial score (nSPS) is 14.5. The Kier molecular flexibility index (Phi) is 8.24. The minimum atomic E-state index is -0.847. The van der Waals surface area contributed by atoms with E-state index in [9.17, 15) is 9.59 Å². The molecule has 1 fully saturated rings. The second-order valence-electron chi connectivity index (χ2n) is 8.36. The van der Waals surface area contributed by atoms with Gasteiger partial charge in [-0.2, -0.15) is 0 Å². The van der Waals surface area contributed by atoms with Gasteiger partial charge in [0.05, 0.1) is 27.2 Å². The molecule has 0 aliphatic heterocycles. The lowest BCUT2D eigenvalue weighted by atomic mass is 10.0.